The van der Waals surface area contributed by atoms with Crippen molar-refractivity contribution in [3.63, 3.8) is 0 Å². The first-order chi connectivity index (χ1) is 11.0. The number of hydrogen-bond donors (Lipinski definition) is 0. The van der Waals surface area contributed by atoms with Crippen molar-refractivity contribution in [2.24, 2.45) is 35.5 Å². The van der Waals surface area contributed by atoms with E-state index in [1.807, 2.05) is 0 Å². The molecule has 0 aromatic carbocycles. The van der Waals surface area contributed by atoms with E-state index in [4.69, 9.17) is 0 Å². The number of halogens is 1. The van der Waals surface area contributed by atoms with Crippen LogP contribution in [0.3, 0.4) is 0 Å². The highest BCUT2D eigenvalue weighted by atomic mass is 19.1. The Hall–Kier alpha value is -0.330. The van der Waals surface area contributed by atoms with E-state index in [0.717, 1.165) is 30.6 Å². The summed E-state index contributed by atoms with van der Waals surface area (Å²) in [6, 6.07) is 0. The van der Waals surface area contributed by atoms with E-state index in [1.165, 1.54) is 44.9 Å². The summed E-state index contributed by atoms with van der Waals surface area (Å²) in [5.74, 6) is 4.07. The SMILES string of the molecule is CC1=C(C2CC(C)C(F)C(C)C2)CCC(C2CCC(C)CC2)C1. The number of alkyl halides is 1. The van der Waals surface area contributed by atoms with Crippen molar-refractivity contribution in [3.8, 4) is 0 Å². The van der Waals surface area contributed by atoms with Gasteiger partial charge in [-0.25, -0.2) is 4.39 Å². The van der Waals surface area contributed by atoms with E-state index in [9.17, 15) is 4.39 Å². The third-order valence-corrected chi connectivity index (χ3v) is 7.52. The molecule has 0 heterocycles. The Bertz CT molecular complexity index is 417. The lowest BCUT2D eigenvalue weighted by molar-refractivity contribution is 0.0915. The van der Waals surface area contributed by atoms with Crippen LogP contribution in [-0.2, 0) is 0 Å². The Balaban J connectivity index is 1.63. The highest BCUT2D eigenvalue weighted by molar-refractivity contribution is 5.20. The molecule has 3 aliphatic carbocycles. The molecule has 3 rings (SSSR count). The summed E-state index contributed by atoms with van der Waals surface area (Å²) in [6.07, 6.45) is 11.5. The molecule has 0 spiro atoms. The van der Waals surface area contributed by atoms with Gasteiger partial charge in [0.2, 0.25) is 0 Å². The van der Waals surface area contributed by atoms with Gasteiger partial charge < -0.3 is 0 Å². The molecule has 0 aromatic rings. The highest BCUT2D eigenvalue weighted by Crippen LogP contribution is 2.47. The second-order valence-electron chi connectivity index (χ2n) is 9.40. The lowest BCUT2D eigenvalue weighted by atomic mass is 9.65. The van der Waals surface area contributed by atoms with Gasteiger partial charge in [0.1, 0.15) is 6.17 Å². The summed E-state index contributed by atoms with van der Waals surface area (Å²) >= 11 is 0. The predicted octanol–water partition coefficient (Wildman–Crippen LogP) is 6.95. The standard InChI is InChI=1S/C22H37F/c1-14-5-7-18(8-6-14)19-9-10-21(15(2)11-19)20-12-16(3)22(23)17(4)13-20/h14,16-20,22H,5-13H2,1-4H3. The Morgan fingerprint density at radius 1 is 0.826 bits per heavy atom. The van der Waals surface area contributed by atoms with Gasteiger partial charge in [0, 0.05) is 0 Å². The van der Waals surface area contributed by atoms with Crippen molar-refractivity contribution >= 4 is 0 Å². The molecule has 0 saturated heterocycles. The van der Waals surface area contributed by atoms with E-state index in [-0.39, 0.29) is 11.8 Å². The van der Waals surface area contributed by atoms with Gasteiger partial charge in [-0.3, -0.25) is 0 Å². The van der Waals surface area contributed by atoms with E-state index >= 15 is 0 Å². The molecule has 0 aliphatic heterocycles. The van der Waals surface area contributed by atoms with Gasteiger partial charge in [-0.15, -0.1) is 0 Å². The molecular formula is C22H37F. The van der Waals surface area contributed by atoms with Gasteiger partial charge in [0.15, 0.2) is 0 Å². The average molecular weight is 321 g/mol. The van der Waals surface area contributed by atoms with Crippen LogP contribution in [0, 0.1) is 35.5 Å². The fourth-order valence-corrected chi connectivity index (χ4v) is 5.99. The van der Waals surface area contributed by atoms with Crippen LogP contribution in [0.15, 0.2) is 11.1 Å². The van der Waals surface area contributed by atoms with Gasteiger partial charge >= 0.3 is 0 Å². The molecule has 3 atom stereocenters. The largest absolute Gasteiger partial charge is 0.247 e. The molecule has 23 heavy (non-hydrogen) atoms. The van der Waals surface area contributed by atoms with Crippen LogP contribution in [0.25, 0.3) is 0 Å². The molecule has 0 bridgehead atoms. The van der Waals surface area contributed by atoms with E-state index < -0.39 is 6.17 Å². The zero-order chi connectivity index (χ0) is 16.6. The Labute approximate surface area is 143 Å². The molecule has 0 radical (unpaired) electrons. The van der Waals surface area contributed by atoms with Crippen molar-refractivity contribution in [2.75, 3.05) is 0 Å². The lowest BCUT2D eigenvalue weighted by Crippen LogP contribution is -2.33. The van der Waals surface area contributed by atoms with Crippen molar-refractivity contribution in [3.05, 3.63) is 11.1 Å². The second kappa shape index (κ2) is 7.28. The van der Waals surface area contributed by atoms with Crippen LogP contribution in [-0.4, -0.2) is 6.17 Å². The van der Waals surface area contributed by atoms with Gasteiger partial charge in [-0.1, -0.05) is 44.8 Å². The topological polar surface area (TPSA) is 0 Å². The molecule has 3 aliphatic rings. The van der Waals surface area contributed by atoms with Crippen LogP contribution in [0.1, 0.15) is 85.5 Å². The first kappa shape index (κ1) is 17.5. The molecule has 0 aromatic heterocycles. The minimum atomic E-state index is -0.576. The molecule has 0 amide bonds. The maximum atomic E-state index is 14.1. The van der Waals surface area contributed by atoms with Gasteiger partial charge in [0.05, 0.1) is 0 Å². The van der Waals surface area contributed by atoms with Crippen LogP contribution < -0.4 is 0 Å². The van der Waals surface area contributed by atoms with Crippen LogP contribution in [0.4, 0.5) is 4.39 Å². The van der Waals surface area contributed by atoms with Crippen LogP contribution in [0.5, 0.6) is 0 Å². The quantitative estimate of drug-likeness (QED) is 0.483. The first-order valence-electron chi connectivity index (χ1n) is 10.3. The summed E-state index contributed by atoms with van der Waals surface area (Å²) in [6.45, 7) is 9.06. The Morgan fingerprint density at radius 2 is 1.43 bits per heavy atom. The molecule has 132 valence electrons. The normalized spacial score (nSPS) is 46.0. The van der Waals surface area contributed by atoms with Crippen molar-refractivity contribution in [1.29, 1.82) is 0 Å². The van der Waals surface area contributed by atoms with Crippen LogP contribution in [0.2, 0.25) is 0 Å². The minimum Gasteiger partial charge on any atom is -0.247 e. The van der Waals surface area contributed by atoms with E-state index in [0.29, 0.717) is 5.92 Å². The number of hydrogen-bond acceptors (Lipinski definition) is 0. The van der Waals surface area contributed by atoms with E-state index in [2.05, 4.69) is 27.7 Å². The highest BCUT2D eigenvalue weighted by Gasteiger charge is 2.37. The van der Waals surface area contributed by atoms with Crippen molar-refractivity contribution < 1.29 is 4.39 Å². The molecule has 2 fully saturated rings. The van der Waals surface area contributed by atoms with Crippen molar-refractivity contribution in [2.45, 2.75) is 91.7 Å². The summed E-state index contributed by atoms with van der Waals surface area (Å²) in [4.78, 5) is 0. The molecule has 2 saturated carbocycles. The third-order valence-electron chi connectivity index (χ3n) is 7.52. The molecule has 0 nitrogen and oxygen atoms in total. The number of rotatable bonds is 2. The second-order valence-corrected chi connectivity index (χ2v) is 9.40. The third kappa shape index (κ3) is 3.85. The monoisotopic (exact) mass is 320 g/mol. The lowest BCUT2D eigenvalue weighted by Gasteiger charge is -2.41. The molecule has 3 unspecified atom stereocenters. The first-order valence-corrected chi connectivity index (χ1v) is 10.3. The van der Waals surface area contributed by atoms with Gasteiger partial charge in [-0.05, 0) is 87.4 Å². The fourth-order valence-electron chi connectivity index (χ4n) is 5.99. The zero-order valence-electron chi connectivity index (χ0n) is 15.8. The predicted molar refractivity (Wildman–Crippen MR) is 97.1 cm³/mol. The summed E-state index contributed by atoms with van der Waals surface area (Å²) in [7, 11) is 0. The maximum absolute atomic E-state index is 14.1. The summed E-state index contributed by atoms with van der Waals surface area (Å²) in [5.41, 5.74) is 3.41. The van der Waals surface area contributed by atoms with Crippen LogP contribution >= 0.6 is 0 Å². The Morgan fingerprint density at radius 3 is 2.00 bits per heavy atom. The van der Waals surface area contributed by atoms with Crippen molar-refractivity contribution in [1.82, 2.24) is 0 Å². The fraction of sp³-hybridized carbons (Fsp3) is 0.909. The van der Waals surface area contributed by atoms with Gasteiger partial charge in [-0.2, -0.15) is 0 Å². The molecule has 0 N–H and O–H groups in total. The van der Waals surface area contributed by atoms with E-state index in [1.54, 1.807) is 11.1 Å². The molecule has 1 heteroatoms. The minimum absolute atomic E-state index is 0.251. The van der Waals surface area contributed by atoms with Gasteiger partial charge in [0.25, 0.3) is 0 Å². The summed E-state index contributed by atoms with van der Waals surface area (Å²) in [5, 5.41) is 0. The Kier molecular flexibility index (Phi) is 5.53. The number of allylic oxidation sites excluding steroid dienone is 2. The smallest absolute Gasteiger partial charge is 0.105 e. The maximum Gasteiger partial charge on any atom is 0.105 e. The average Bonchev–Trinajstić information content (AvgIpc) is 2.53. The molecular weight excluding hydrogens is 283 g/mol. The summed E-state index contributed by atoms with van der Waals surface area (Å²) < 4.78 is 14.1. The zero-order valence-corrected chi connectivity index (χ0v) is 15.8.